The van der Waals surface area contributed by atoms with Crippen molar-refractivity contribution < 1.29 is 0 Å². The molecule has 0 saturated heterocycles. The minimum absolute atomic E-state index is 0. The second kappa shape index (κ2) is 3.13. The quantitative estimate of drug-likeness (QED) is 0.727. The van der Waals surface area contributed by atoms with Gasteiger partial charge in [0.05, 0.1) is 0 Å². The molecule has 4 fully saturated rings. The van der Waals surface area contributed by atoms with Crippen LogP contribution < -0.4 is 5.32 Å². The third-order valence-electron chi connectivity index (χ3n) is 5.16. The summed E-state index contributed by atoms with van der Waals surface area (Å²) >= 11 is 0. The third kappa shape index (κ3) is 1.63. The first kappa shape index (κ1) is 11.7. The highest BCUT2D eigenvalue weighted by Gasteiger charge is 2.59. The Balaban J connectivity index is 0.000000853. The second-order valence-electron chi connectivity index (χ2n) is 7.16. The molecular formula is C13H24ClN. The van der Waals surface area contributed by atoms with E-state index in [1.807, 2.05) is 0 Å². The summed E-state index contributed by atoms with van der Waals surface area (Å²) in [5.41, 5.74) is 1.84. The Morgan fingerprint density at radius 3 is 1.87 bits per heavy atom. The summed E-state index contributed by atoms with van der Waals surface area (Å²) in [6.07, 6.45) is 8.82. The van der Waals surface area contributed by atoms with Crippen LogP contribution in [0.1, 0.15) is 52.4 Å². The van der Waals surface area contributed by atoms with E-state index in [-0.39, 0.29) is 12.4 Å². The van der Waals surface area contributed by atoms with Gasteiger partial charge in [0.2, 0.25) is 0 Å². The van der Waals surface area contributed by atoms with Crippen LogP contribution in [0.25, 0.3) is 0 Å². The fraction of sp³-hybridized carbons (Fsp3) is 1.00. The summed E-state index contributed by atoms with van der Waals surface area (Å²) in [5.74, 6) is 1.02. The van der Waals surface area contributed by atoms with Crippen molar-refractivity contribution in [3.05, 3.63) is 0 Å². The number of hydrogen-bond donors (Lipinski definition) is 1. The Hall–Kier alpha value is 0.250. The SMILES string of the molecule is CNC12CC3CC(C)(CC(C)(C3)C1)C2.Cl. The fourth-order valence-corrected chi connectivity index (χ4v) is 5.73. The van der Waals surface area contributed by atoms with E-state index in [0.717, 1.165) is 5.92 Å². The van der Waals surface area contributed by atoms with Gasteiger partial charge in [0.15, 0.2) is 0 Å². The largest absolute Gasteiger partial charge is 0.314 e. The molecule has 4 aliphatic carbocycles. The Kier molecular flexibility index (Phi) is 2.45. The highest BCUT2D eigenvalue weighted by molar-refractivity contribution is 5.85. The standard InChI is InChI=1S/C13H23N.ClH/c1-11-4-10-5-12(2,7-11)9-13(6-10,8-11)14-3;/h10,14H,4-9H2,1-3H3;1H. The molecule has 88 valence electrons. The van der Waals surface area contributed by atoms with Crippen molar-refractivity contribution in [1.29, 1.82) is 0 Å². The van der Waals surface area contributed by atoms with Crippen LogP contribution in [0.4, 0.5) is 0 Å². The molecule has 4 aliphatic rings. The average Bonchev–Trinajstić information content (AvgIpc) is 1.97. The summed E-state index contributed by atoms with van der Waals surface area (Å²) in [4.78, 5) is 0. The lowest BCUT2D eigenvalue weighted by Crippen LogP contribution is -2.63. The molecule has 0 heterocycles. The monoisotopic (exact) mass is 229 g/mol. The predicted octanol–water partition coefficient (Wildman–Crippen LogP) is 3.38. The molecule has 15 heavy (non-hydrogen) atoms. The zero-order valence-electron chi connectivity index (χ0n) is 10.2. The van der Waals surface area contributed by atoms with Gasteiger partial charge in [-0.25, -0.2) is 0 Å². The second-order valence-corrected chi connectivity index (χ2v) is 7.16. The lowest BCUT2D eigenvalue weighted by Gasteiger charge is -2.65. The molecule has 2 unspecified atom stereocenters. The van der Waals surface area contributed by atoms with Gasteiger partial charge in [-0.3, -0.25) is 0 Å². The van der Waals surface area contributed by atoms with Crippen LogP contribution in [0.15, 0.2) is 0 Å². The van der Waals surface area contributed by atoms with Gasteiger partial charge >= 0.3 is 0 Å². The normalized spacial score (nSPS) is 56.6. The Bertz CT molecular complexity index is 258. The minimum atomic E-state index is 0. The number of halogens is 1. The number of rotatable bonds is 1. The van der Waals surface area contributed by atoms with Gasteiger partial charge in [-0.2, -0.15) is 0 Å². The smallest absolute Gasteiger partial charge is 0.0191 e. The molecule has 4 saturated carbocycles. The van der Waals surface area contributed by atoms with Crippen molar-refractivity contribution in [2.45, 2.75) is 57.9 Å². The first-order valence-electron chi connectivity index (χ1n) is 6.16. The van der Waals surface area contributed by atoms with Crippen molar-refractivity contribution >= 4 is 12.4 Å². The van der Waals surface area contributed by atoms with E-state index in [9.17, 15) is 0 Å². The molecule has 0 amide bonds. The molecule has 0 radical (unpaired) electrons. The molecule has 0 aromatic rings. The van der Waals surface area contributed by atoms with Crippen LogP contribution in [0.3, 0.4) is 0 Å². The molecule has 1 N–H and O–H groups in total. The van der Waals surface area contributed by atoms with Crippen LogP contribution in [-0.2, 0) is 0 Å². The summed E-state index contributed by atoms with van der Waals surface area (Å²) in [7, 11) is 2.18. The van der Waals surface area contributed by atoms with Crippen LogP contribution >= 0.6 is 12.4 Å². The predicted molar refractivity (Wildman–Crippen MR) is 66.4 cm³/mol. The van der Waals surface area contributed by atoms with Gasteiger partial charge in [-0.1, -0.05) is 13.8 Å². The lowest BCUT2D eigenvalue weighted by atomic mass is 9.43. The van der Waals surface area contributed by atoms with Gasteiger partial charge in [0, 0.05) is 5.54 Å². The van der Waals surface area contributed by atoms with E-state index in [4.69, 9.17) is 0 Å². The Morgan fingerprint density at radius 1 is 0.933 bits per heavy atom. The van der Waals surface area contributed by atoms with Crippen molar-refractivity contribution in [3.8, 4) is 0 Å². The molecule has 0 aromatic heterocycles. The Morgan fingerprint density at radius 2 is 1.47 bits per heavy atom. The first-order chi connectivity index (χ1) is 6.47. The zero-order valence-corrected chi connectivity index (χ0v) is 11.0. The maximum atomic E-state index is 3.66. The molecule has 0 aliphatic heterocycles. The van der Waals surface area contributed by atoms with Gasteiger partial charge in [0.25, 0.3) is 0 Å². The van der Waals surface area contributed by atoms with E-state index in [0.29, 0.717) is 16.4 Å². The van der Waals surface area contributed by atoms with E-state index in [2.05, 4.69) is 26.2 Å². The average molecular weight is 230 g/mol. The van der Waals surface area contributed by atoms with Gasteiger partial charge in [-0.15, -0.1) is 12.4 Å². The van der Waals surface area contributed by atoms with Gasteiger partial charge in [0.1, 0.15) is 0 Å². The number of nitrogens with one attached hydrogen (secondary N) is 1. The molecule has 2 atom stereocenters. The van der Waals surface area contributed by atoms with E-state index >= 15 is 0 Å². The van der Waals surface area contributed by atoms with E-state index < -0.39 is 0 Å². The Labute approximate surface area is 99.8 Å². The molecule has 4 rings (SSSR count). The van der Waals surface area contributed by atoms with Crippen molar-refractivity contribution in [1.82, 2.24) is 5.32 Å². The van der Waals surface area contributed by atoms with Crippen molar-refractivity contribution in [3.63, 3.8) is 0 Å². The maximum Gasteiger partial charge on any atom is 0.0191 e. The van der Waals surface area contributed by atoms with Crippen molar-refractivity contribution in [2.24, 2.45) is 16.7 Å². The molecule has 0 spiro atoms. The highest BCUT2D eigenvalue weighted by Crippen LogP contribution is 2.66. The fourth-order valence-electron chi connectivity index (χ4n) is 5.73. The zero-order chi connectivity index (χ0) is 10.0. The van der Waals surface area contributed by atoms with E-state index in [1.54, 1.807) is 0 Å². The minimum Gasteiger partial charge on any atom is -0.314 e. The van der Waals surface area contributed by atoms with Gasteiger partial charge in [-0.05, 0) is 62.3 Å². The summed E-state index contributed by atoms with van der Waals surface area (Å²) < 4.78 is 0. The maximum absolute atomic E-state index is 3.66. The van der Waals surface area contributed by atoms with Crippen LogP contribution in [0.2, 0.25) is 0 Å². The number of hydrogen-bond acceptors (Lipinski definition) is 1. The first-order valence-corrected chi connectivity index (χ1v) is 6.16. The highest BCUT2D eigenvalue weighted by atomic mass is 35.5. The molecule has 1 nitrogen and oxygen atoms in total. The van der Waals surface area contributed by atoms with Gasteiger partial charge < -0.3 is 5.32 Å². The van der Waals surface area contributed by atoms with E-state index in [1.165, 1.54) is 38.5 Å². The molecule has 4 bridgehead atoms. The summed E-state index contributed by atoms with van der Waals surface area (Å²) in [6.45, 7) is 5.06. The van der Waals surface area contributed by atoms with Crippen LogP contribution in [-0.4, -0.2) is 12.6 Å². The molecule has 0 aromatic carbocycles. The summed E-state index contributed by atoms with van der Waals surface area (Å²) in [6, 6.07) is 0. The van der Waals surface area contributed by atoms with Crippen LogP contribution in [0.5, 0.6) is 0 Å². The molecular weight excluding hydrogens is 206 g/mol. The third-order valence-corrected chi connectivity index (χ3v) is 5.16. The lowest BCUT2D eigenvalue weighted by molar-refractivity contribution is -0.115. The molecule has 2 heteroatoms. The van der Waals surface area contributed by atoms with Crippen molar-refractivity contribution in [2.75, 3.05) is 7.05 Å². The topological polar surface area (TPSA) is 12.0 Å². The summed E-state index contributed by atoms with van der Waals surface area (Å²) in [5, 5.41) is 3.66. The van der Waals surface area contributed by atoms with Crippen LogP contribution in [0, 0.1) is 16.7 Å².